The van der Waals surface area contributed by atoms with Crippen molar-refractivity contribution in [2.24, 2.45) is 0 Å². The second-order valence-corrected chi connectivity index (χ2v) is 5.60. The zero-order valence-corrected chi connectivity index (χ0v) is 13.8. The fourth-order valence-electron chi connectivity index (χ4n) is 1.90. The molecule has 120 valence electrons. The molecule has 0 atom stereocenters. The highest BCUT2D eigenvalue weighted by Gasteiger charge is 2.09. The van der Waals surface area contributed by atoms with Crippen molar-refractivity contribution in [1.82, 2.24) is 9.97 Å². The van der Waals surface area contributed by atoms with Gasteiger partial charge in [-0.3, -0.25) is 9.78 Å². The van der Waals surface area contributed by atoms with E-state index in [2.05, 4.69) is 15.3 Å². The lowest BCUT2D eigenvalue weighted by atomic mass is 10.2. The van der Waals surface area contributed by atoms with Gasteiger partial charge in [-0.25, -0.2) is 4.98 Å². The van der Waals surface area contributed by atoms with Crippen molar-refractivity contribution in [1.29, 1.82) is 0 Å². The van der Waals surface area contributed by atoms with Crippen molar-refractivity contribution in [3.63, 3.8) is 0 Å². The molecule has 1 amide bonds. The molecule has 5 nitrogen and oxygen atoms in total. The first-order valence-electron chi connectivity index (χ1n) is 6.92. The Labute approximate surface area is 148 Å². The van der Waals surface area contributed by atoms with E-state index in [4.69, 9.17) is 27.9 Å². The van der Waals surface area contributed by atoms with Crippen LogP contribution in [0.5, 0.6) is 11.6 Å². The van der Waals surface area contributed by atoms with Crippen LogP contribution in [0.3, 0.4) is 0 Å². The minimum absolute atomic E-state index is 0.249. The number of hydrogen-bond donors (Lipinski definition) is 1. The number of ether oxygens (including phenoxy) is 1. The van der Waals surface area contributed by atoms with Gasteiger partial charge in [-0.05, 0) is 36.4 Å². The number of halogens is 2. The van der Waals surface area contributed by atoms with Gasteiger partial charge in [0.15, 0.2) is 0 Å². The summed E-state index contributed by atoms with van der Waals surface area (Å²) in [5.74, 6) is 0.546. The predicted octanol–water partition coefficient (Wildman–Crippen LogP) is 4.83. The van der Waals surface area contributed by atoms with Crippen LogP contribution in [0, 0.1) is 0 Å². The van der Waals surface area contributed by atoms with Gasteiger partial charge in [0.1, 0.15) is 5.75 Å². The van der Waals surface area contributed by atoms with Gasteiger partial charge in [0.05, 0.1) is 10.0 Å². The van der Waals surface area contributed by atoms with Crippen LogP contribution >= 0.6 is 23.2 Å². The lowest BCUT2D eigenvalue weighted by Crippen LogP contribution is -2.11. The van der Waals surface area contributed by atoms with E-state index in [-0.39, 0.29) is 5.91 Å². The molecule has 0 saturated heterocycles. The first-order chi connectivity index (χ1) is 11.6. The number of nitrogens with zero attached hydrogens (tertiary/aromatic N) is 2. The van der Waals surface area contributed by atoms with Crippen LogP contribution in [0.15, 0.2) is 61.1 Å². The van der Waals surface area contributed by atoms with Crippen molar-refractivity contribution in [2.45, 2.75) is 0 Å². The van der Waals surface area contributed by atoms with Gasteiger partial charge in [0, 0.05) is 35.9 Å². The summed E-state index contributed by atoms with van der Waals surface area (Å²) in [4.78, 5) is 20.0. The summed E-state index contributed by atoms with van der Waals surface area (Å²) in [6, 6.07) is 11.5. The molecule has 0 fully saturated rings. The molecule has 0 aliphatic heterocycles. The maximum atomic E-state index is 12.1. The summed E-state index contributed by atoms with van der Waals surface area (Å²) < 4.78 is 5.59. The number of nitrogens with one attached hydrogen (secondary N) is 1. The smallest absolute Gasteiger partial charge is 0.255 e. The van der Waals surface area contributed by atoms with Gasteiger partial charge in [-0.2, -0.15) is 0 Å². The number of carbonyl (C=O) groups is 1. The maximum absolute atomic E-state index is 12.1. The van der Waals surface area contributed by atoms with E-state index < -0.39 is 0 Å². The predicted molar refractivity (Wildman–Crippen MR) is 93.0 cm³/mol. The minimum Gasteiger partial charge on any atom is -0.437 e. The van der Waals surface area contributed by atoms with Crippen LogP contribution in [0.4, 0.5) is 5.69 Å². The standard InChI is InChI=1S/C17H11Cl2N3O2/c18-12-1-4-16(21-10-12)24-15-3-2-13(9-14(15)19)22-17(23)11-5-7-20-8-6-11/h1-10H,(H,22,23). The average Bonchev–Trinajstić information content (AvgIpc) is 2.60. The Morgan fingerprint density at radius 3 is 2.50 bits per heavy atom. The topological polar surface area (TPSA) is 64.1 Å². The summed E-state index contributed by atoms with van der Waals surface area (Å²) in [5.41, 5.74) is 1.06. The van der Waals surface area contributed by atoms with Gasteiger partial charge < -0.3 is 10.1 Å². The largest absolute Gasteiger partial charge is 0.437 e. The quantitative estimate of drug-likeness (QED) is 0.724. The molecule has 3 rings (SSSR count). The van der Waals surface area contributed by atoms with E-state index in [1.54, 1.807) is 54.9 Å². The molecular formula is C17H11Cl2N3O2. The van der Waals surface area contributed by atoms with Crippen molar-refractivity contribution in [3.8, 4) is 11.6 Å². The highest BCUT2D eigenvalue weighted by atomic mass is 35.5. The molecule has 2 aromatic heterocycles. The Morgan fingerprint density at radius 2 is 1.83 bits per heavy atom. The van der Waals surface area contributed by atoms with Gasteiger partial charge >= 0.3 is 0 Å². The molecule has 0 saturated carbocycles. The van der Waals surface area contributed by atoms with Crippen molar-refractivity contribution in [3.05, 3.63) is 76.7 Å². The SMILES string of the molecule is O=C(Nc1ccc(Oc2ccc(Cl)cn2)c(Cl)c1)c1ccncc1. The van der Waals surface area contributed by atoms with Gasteiger partial charge in [0.2, 0.25) is 5.88 Å². The van der Waals surface area contributed by atoms with Crippen molar-refractivity contribution >= 4 is 34.8 Å². The van der Waals surface area contributed by atoms with Crippen molar-refractivity contribution in [2.75, 3.05) is 5.32 Å². The highest BCUT2D eigenvalue weighted by molar-refractivity contribution is 6.32. The van der Waals surface area contributed by atoms with E-state index in [1.165, 1.54) is 6.20 Å². The van der Waals surface area contributed by atoms with E-state index in [1.807, 2.05) is 0 Å². The number of aromatic nitrogens is 2. The molecule has 0 aliphatic rings. The molecule has 0 bridgehead atoms. The van der Waals surface area contributed by atoms with Crippen LogP contribution in [0.25, 0.3) is 0 Å². The number of benzene rings is 1. The summed E-state index contributed by atoms with van der Waals surface area (Å²) >= 11 is 12.0. The maximum Gasteiger partial charge on any atom is 0.255 e. The van der Waals surface area contributed by atoms with E-state index in [0.29, 0.717) is 32.9 Å². The normalized spacial score (nSPS) is 10.2. The number of hydrogen-bond acceptors (Lipinski definition) is 4. The summed E-state index contributed by atoms with van der Waals surface area (Å²) in [7, 11) is 0. The van der Waals surface area contributed by atoms with Crippen LogP contribution < -0.4 is 10.1 Å². The minimum atomic E-state index is -0.249. The lowest BCUT2D eigenvalue weighted by molar-refractivity contribution is 0.102. The van der Waals surface area contributed by atoms with Crippen LogP contribution in [0.2, 0.25) is 10.0 Å². The molecule has 0 unspecified atom stereocenters. The zero-order valence-electron chi connectivity index (χ0n) is 12.2. The molecule has 24 heavy (non-hydrogen) atoms. The Hall–Kier alpha value is -2.63. The van der Waals surface area contributed by atoms with E-state index in [9.17, 15) is 4.79 Å². The Kier molecular flexibility index (Phi) is 4.93. The number of carbonyl (C=O) groups excluding carboxylic acids is 1. The average molecular weight is 360 g/mol. The summed E-state index contributed by atoms with van der Waals surface area (Å²) in [6.07, 6.45) is 4.59. The van der Waals surface area contributed by atoms with Gasteiger partial charge in [-0.1, -0.05) is 23.2 Å². The molecule has 0 radical (unpaired) electrons. The fraction of sp³-hybridized carbons (Fsp3) is 0. The van der Waals surface area contributed by atoms with E-state index >= 15 is 0 Å². The molecule has 0 aliphatic carbocycles. The number of pyridine rings is 2. The molecule has 2 heterocycles. The monoisotopic (exact) mass is 359 g/mol. The Balaban J connectivity index is 1.72. The molecule has 3 aromatic rings. The fourth-order valence-corrected chi connectivity index (χ4v) is 2.23. The van der Waals surface area contributed by atoms with E-state index in [0.717, 1.165) is 0 Å². The van der Waals surface area contributed by atoms with Crippen LogP contribution in [-0.4, -0.2) is 15.9 Å². The molecule has 1 aromatic carbocycles. The molecule has 1 N–H and O–H groups in total. The summed E-state index contributed by atoms with van der Waals surface area (Å²) in [5, 5.41) is 3.62. The first kappa shape index (κ1) is 16.2. The highest BCUT2D eigenvalue weighted by Crippen LogP contribution is 2.31. The third kappa shape index (κ3) is 4.01. The second-order valence-electron chi connectivity index (χ2n) is 4.75. The molecule has 0 spiro atoms. The van der Waals surface area contributed by atoms with Crippen molar-refractivity contribution < 1.29 is 9.53 Å². The Bertz CT molecular complexity index is 855. The first-order valence-corrected chi connectivity index (χ1v) is 7.68. The lowest BCUT2D eigenvalue weighted by Gasteiger charge is -2.09. The molecule has 7 heteroatoms. The van der Waals surface area contributed by atoms with Crippen LogP contribution in [-0.2, 0) is 0 Å². The second kappa shape index (κ2) is 7.29. The van der Waals surface area contributed by atoms with Gasteiger partial charge in [0.25, 0.3) is 5.91 Å². The third-order valence-corrected chi connectivity index (χ3v) is 3.57. The third-order valence-electron chi connectivity index (χ3n) is 3.05. The number of rotatable bonds is 4. The van der Waals surface area contributed by atoms with Crippen LogP contribution in [0.1, 0.15) is 10.4 Å². The van der Waals surface area contributed by atoms with Gasteiger partial charge in [-0.15, -0.1) is 0 Å². The number of anilines is 1. The summed E-state index contributed by atoms with van der Waals surface area (Å²) in [6.45, 7) is 0. The zero-order chi connectivity index (χ0) is 16.9. The Morgan fingerprint density at radius 1 is 1.04 bits per heavy atom. The molecular weight excluding hydrogens is 349 g/mol. The number of amides is 1.